The second-order valence-electron chi connectivity index (χ2n) is 4.97. The summed E-state index contributed by atoms with van der Waals surface area (Å²) in [6, 6.07) is 0. The Morgan fingerprint density at radius 1 is 0.706 bits per heavy atom. The van der Waals surface area contributed by atoms with Gasteiger partial charge in [-0.3, -0.25) is 4.79 Å². The van der Waals surface area contributed by atoms with Gasteiger partial charge in [0.2, 0.25) is 0 Å². The van der Waals surface area contributed by atoms with Crippen LogP contribution in [0.3, 0.4) is 0 Å². The van der Waals surface area contributed by atoms with E-state index in [2.05, 4.69) is 6.92 Å². The van der Waals surface area contributed by atoms with Gasteiger partial charge < -0.3 is 4.79 Å². The minimum atomic E-state index is 0.275. The molecule has 0 bridgehead atoms. The number of carbonyl (C=O) groups excluding carboxylic acids is 2. The molecule has 0 radical (unpaired) electrons. The predicted octanol–water partition coefficient (Wildman–Crippen LogP) is 4.46. The fourth-order valence-corrected chi connectivity index (χ4v) is 1.92. The lowest BCUT2D eigenvalue weighted by Crippen LogP contribution is -1.97. The fraction of sp³-hybridized carbons (Fsp3) is 0.867. The van der Waals surface area contributed by atoms with Gasteiger partial charge in [-0.25, -0.2) is 0 Å². The van der Waals surface area contributed by atoms with E-state index < -0.39 is 0 Å². The van der Waals surface area contributed by atoms with Crippen LogP contribution in [0.2, 0.25) is 0 Å². The van der Waals surface area contributed by atoms with Gasteiger partial charge in [0.1, 0.15) is 11.6 Å². The lowest BCUT2D eigenvalue weighted by molar-refractivity contribution is -0.119. The summed E-state index contributed by atoms with van der Waals surface area (Å²) in [4.78, 5) is 22.2. The summed E-state index contributed by atoms with van der Waals surface area (Å²) in [5, 5.41) is 0. The molecule has 0 atom stereocenters. The van der Waals surface area contributed by atoms with E-state index in [1.807, 2.05) is 0 Å². The van der Waals surface area contributed by atoms with Crippen LogP contribution in [0.25, 0.3) is 0 Å². The lowest BCUT2D eigenvalue weighted by atomic mass is 10.0. The van der Waals surface area contributed by atoms with Crippen LogP contribution in [0.15, 0.2) is 0 Å². The predicted molar refractivity (Wildman–Crippen MR) is 72.1 cm³/mol. The summed E-state index contributed by atoms with van der Waals surface area (Å²) in [7, 11) is 0. The zero-order valence-electron chi connectivity index (χ0n) is 11.6. The molecule has 0 aromatic rings. The van der Waals surface area contributed by atoms with Crippen molar-refractivity contribution in [2.75, 3.05) is 0 Å². The van der Waals surface area contributed by atoms with Gasteiger partial charge >= 0.3 is 0 Å². The maximum atomic E-state index is 11.5. The van der Waals surface area contributed by atoms with Crippen molar-refractivity contribution in [2.45, 2.75) is 84.5 Å². The van der Waals surface area contributed by atoms with Gasteiger partial charge in [-0.15, -0.1) is 0 Å². The summed E-state index contributed by atoms with van der Waals surface area (Å²) >= 11 is 0. The molecule has 0 aliphatic heterocycles. The van der Waals surface area contributed by atoms with Crippen molar-refractivity contribution >= 4 is 11.6 Å². The van der Waals surface area contributed by atoms with E-state index in [4.69, 9.17) is 0 Å². The molecule has 0 amide bonds. The minimum absolute atomic E-state index is 0.275. The molecule has 0 aliphatic rings. The molecule has 0 saturated heterocycles. The first-order valence-electron chi connectivity index (χ1n) is 7.18. The third-order valence-electron chi connectivity index (χ3n) is 3.04. The van der Waals surface area contributed by atoms with Crippen molar-refractivity contribution < 1.29 is 9.59 Å². The average Bonchev–Trinajstić information content (AvgIpc) is 2.29. The topological polar surface area (TPSA) is 34.1 Å². The van der Waals surface area contributed by atoms with Gasteiger partial charge in [0.05, 0.1) is 0 Å². The highest BCUT2D eigenvalue weighted by Crippen LogP contribution is 2.09. The van der Waals surface area contributed by atoms with Crippen molar-refractivity contribution in [1.29, 1.82) is 0 Å². The normalized spacial score (nSPS) is 10.5. The van der Waals surface area contributed by atoms with Crippen molar-refractivity contribution in [3.05, 3.63) is 0 Å². The van der Waals surface area contributed by atoms with Crippen molar-refractivity contribution in [1.82, 2.24) is 0 Å². The van der Waals surface area contributed by atoms with E-state index >= 15 is 0 Å². The van der Waals surface area contributed by atoms with E-state index in [1.54, 1.807) is 6.92 Å². The van der Waals surface area contributed by atoms with Gasteiger partial charge in [-0.1, -0.05) is 39.0 Å². The van der Waals surface area contributed by atoms with Crippen LogP contribution in [0.4, 0.5) is 0 Å². The number of hydrogen-bond donors (Lipinski definition) is 0. The Kier molecular flexibility index (Phi) is 11.4. The molecule has 2 nitrogen and oxygen atoms in total. The molecule has 0 N–H and O–H groups in total. The molecular weight excluding hydrogens is 212 g/mol. The molecule has 0 unspecified atom stereocenters. The Balaban J connectivity index is 3.19. The molecule has 0 aromatic heterocycles. The second kappa shape index (κ2) is 11.8. The Morgan fingerprint density at radius 2 is 1.18 bits per heavy atom. The standard InChI is InChI=1S/C15H28O2/c1-3-4-5-9-12-15(17)13-10-7-6-8-11-14(2)16/h3-13H2,1-2H3. The highest BCUT2D eigenvalue weighted by atomic mass is 16.1. The SMILES string of the molecule is CCCCCCC(=O)CCCCCCC(C)=O. The maximum absolute atomic E-state index is 11.5. The Labute approximate surface area is 106 Å². The zero-order chi connectivity index (χ0) is 12.9. The Morgan fingerprint density at radius 3 is 1.65 bits per heavy atom. The third kappa shape index (κ3) is 13.3. The monoisotopic (exact) mass is 240 g/mol. The van der Waals surface area contributed by atoms with E-state index in [9.17, 15) is 9.59 Å². The van der Waals surface area contributed by atoms with Crippen LogP contribution in [0, 0.1) is 0 Å². The number of hydrogen-bond acceptors (Lipinski definition) is 2. The van der Waals surface area contributed by atoms with Gasteiger partial charge in [0.15, 0.2) is 0 Å². The van der Waals surface area contributed by atoms with E-state index in [0.29, 0.717) is 12.2 Å². The number of Topliss-reactive ketones (excluding diaryl/α,β-unsaturated/α-hetero) is 2. The Bertz CT molecular complexity index is 209. The first-order chi connectivity index (χ1) is 8.16. The summed E-state index contributed by atoms with van der Waals surface area (Å²) < 4.78 is 0. The number of unbranched alkanes of at least 4 members (excludes halogenated alkanes) is 6. The Hall–Kier alpha value is -0.660. The van der Waals surface area contributed by atoms with Gasteiger partial charge in [-0.05, 0) is 26.2 Å². The van der Waals surface area contributed by atoms with Crippen molar-refractivity contribution in [2.24, 2.45) is 0 Å². The van der Waals surface area contributed by atoms with E-state index in [1.165, 1.54) is 19.3 Å². The summed E-state index contributed by atoms with van der Waals surface area (Å²) in [5.41, 5.74) is 0. The van der Waals surface area contributed by atoms with Crippen LogP contribution in [0.5, 0.6) is 0 Å². The van der Waals surface area contributed by atoms with E-state index in [0.717, 1.165) is 44.9 Å². The third-order valence-corrected chi connectivity index (χ3v) is 3.04. The highest BCUT2D eigenvalue weighted by Gasteiger charge is 2.01. The molecule has 0 fully saturated rings. The molecule has 0 heterocycles. The van der Waals surface area contributed by atoms with Gasteiger partial charge in [0.25, 0.3) is 0 Å². The molecule has 0 aliphatic carbocycles. The van der Waals surface area contributed by atoms with Crippen LogP contribution in [-0.2, 0) is 9.59 Å². The number of carbonyl (C=O) groups is 2. The summed E-state index contributed by atoms with van der Waals surface area (Å²) in [6.07, 6.45) is 11.1. The molecule has 0 aromatic carbocycles. The van der Waals surface area contributed by atoms with Crippen LogP contribution >= 0.6 is 0 Å². The minimum Gasteiger partial charge on any atom is -0.300 e. The van der Waals surface area contributed by atoms with Gasteiger partial charge in [-0.2, -0.15) is 0 Å². The van der Waals surface area contributed by atoms with Crippen molar-refractivity contribution in [3.63, 3.8) is 0 Å². The first-order valence-corrected chi connectivity index (χ1v) is 7.18. The fourth-order valence-electron chi connectivity index (χ4n) is 1.92. The largest absolute Gasteiger partial charge is 0.300 e. The maximum Gasteiger partial charge on any atom is 0.132 e. The number of rotatable bonds is 12. The molecular formula is C15H28O2. The van der Waals surface area contributed by atoms with Crippen LogP contribution in [0.1, 0.15) is 84.5 Å². The van der Waals surface area contributed by atoms with Gasteiger partial charge in [0, 0.05) is 19.3 Å². The van der Waals surface area contributed by atoms with Crippen LogP contribution in [-0.4, -0.2) is 11.6 Å². The zero-order valence-corrected chi connectivity index (χ0v) is 11.6. The first kappa shape index (κ1) is 16.3. The summed E-state index contributed by atoms with van der Waals surface area (Å²) in [5.74, 6) is 0.699. The molecule has 2 heteroatoms. The highest BCUT2D eigenvalue weighted by molar-refractivity contribution is 5.78. The smallest absolute Gasteiger partial charge is 0.132 e. The summed E-state index contributed by atoms with van der Waals surface area (Å²) in [6.45, 7) is 3.82. The molecule has 17 heavy (non-hydrogen) atoms. The average molecular weight is 240 g/mol. The van der Waals surface area contributed by atoms with E-state index in [-0.39, 0.29) is 5.78 Å². The quantitative estimate of drug-likeness (QED) is 0.472. The lowest BCUT2D eigenvalue weighted by Gasteiger charge is -2.01. The molecule has 0 saturated carbocycles. The molecule has 0 rings (SSSR count). The number of ketones is 2. The van der Waals surface area contributed by atoms with Crippen molar-refractivity contribution in [3.8, 4) is 0 Å². The van der Waals surface area contributed by atoms with Crippen LogP contribution < -0.4 is 0 Å². The molecule has 0 spiro atoms. The second-order valence-corrected chi connectivity index (χ2v) is 4.97. The molecule has 100 valence electrons.